The van der Waals surface area contributed by atoms with Gasteiger partial charge < -0.3 is 9.30 Å². The normalized spacial score (nSPS) is 11.4. The summed E-state index contributed by atoms with van der Waals surface area (Å²) in [5.41, 5.74) is 1.58. The van der Waals surface area contributed by atoms with Crippen LogP contribution in [0.25, 0.3) is 0 Å². The molecule has 1 atom stereocenters. The van der Waals surface area contributed by atoms with Crippen LogP contribution in [0.15, 0.2) is 42.9 Å². The SMILES string of the molecule is COC(=O)c1cncn1C(C)c1ccccc1.Cl. The van der Waals surface area contributed by atoms with Crippen molar-refractivity contribution < 1.29 is 9.53 Å². The molecule has 0 saturated heterocycles. The number of hydrogen-bond acceptors (Lipinski definition) is 3. The fourth-order valence-electron chi connectivity index (χ4n) is 1.77. The van der Waals surface area contributed by atoms with Crippen LogP contribution < -0.4 is 0 Å². The lowest BCUT2D eigenvalue weighted by Crippen LogP contribution is -2.14. The Balaban J connectivity index is 0.00000162. The number of hydrogen-bond donors (Lipinski definition) is 0. The van der Waals surface area contributed by atoms with Gasteiger partial charge in [-0.15, -0.1) is 12.4 Å². The lowest BCUT2D eigenvalue weighted by molar-refractivity contribution is 0.0587. The molecule has 0 radical (unpaired) electrons. The molecule has 2 rings (SSSR count). The molecule has 0 saturated carbocycles. The minimum absolute atomic E-state index is 0. The maximum absolute atomic E-state index is 11.5. The first-order chi connectivity index (χ1) is 8.24. The highest BCUT2D eigenvalue weighted by Gasteiger charge is 2.16. The van der Waals surface area contributed by atoms with Crippen molar-refractivity contribution in [2.75, 3.05) is 7.11 Å². The Morgan fingerprint density at radius 3 is 2.61 bits per heavy atom. The van der Waals surface area contributed by atoms with Crippen LogP contribution in [-0.4, -0.2) is 22.6 Å². The Kier molecular flexibility index (Phi) is 4.92. The minimum atomic E-state index is -0.370. The van der Waals surface area contributed by atoms with Crippen LogP contribution in [0, 0.1) is 0 Å². The van der Waals surface area contributed by atoms with E-state index in [-0.39, 0.29) is 24.4 Å². The average Bonchev–Trinajstić information content (AvgIpc) is 2.87. The molecular weight excluding hydrogens is 252 g/mol. The largest absolute Gasteiger partial charge is 0.464 e. The summed E-state index contributed by atoms with van der Waals surface area (Å²) in [5, 5.41) is 0. The first kappa shape index (κ1) is 14.3. The zero-order valence-electron chi connectivity index (χ0n) is 10.2. The molecule has 0 spiro atoms. The smallest absolute Gasteiger partial charge is 0.356 e. The second-order valence-electron chi connectivity index (χ2n) is 3.76. The van der Waals surface area contributed by atoms with Gasteiger partial charge in [0, 0.05) is 0 Å². The Hall–Kier alpha value is -1.81. The molecule has 1 aromatic heterocycles. The van der Waals surface area contributed by atoms with Crippen molar-refractivity contribution in [3.63, 3.8) is 0 Å². The van der Waals surface area contributed by atoms with Gasteiger partial charge in [0.15, 0.2) is 0 Å². The van der Waals surface area contributed by atoms with Crippen LogP contribution in [0.1, 0.15) is 29.0 Å². The van der Waals surface area contributed by atoms with E-state index in [1.54, 1.807) is 10.9 Å². The molecule has 0 aliphatic heterocycles. The van der Waals surface area contributed by atoms with E-state index in [9.17, 15) is 4.79 Å². The van der Waals surface area contributed by atoms with Crippen LogP contribution in [0.4, 0.5) is 0 Å². The number of methoxy groups -OCH3 is 1. The monoisotopic (exact) mass is 266 g/mol. The van der Waals surface area contributed by atoms with Crippen LogP contribution >= 0.6 is 12.4 Å². The summed E-state index contributed by atoms with van der Waals surface area (Å²) >= 11 is 0. The molecule has 18 heavy (non-hydrogen) atoms. The van der Waals surface area contributed by atoms with Crippen molar-refractivity contribution >= 4 is 18.4 Å². The third-order valence-corrected chi connectivity index (χ3v) is 2.76. The molecule has 2 aromatic rings. The number of halogens is 1. The number of nitrogens with zero attached hydrogens (tertiary/aromatic N) is 2. The van der Waals surface area contributed by atoms with E-state index in [4.69, 9.17) is 4.74 Å². The Bertz CT molecular complexity index is 511. The van der Waals surface area contributed by atoms with Gasteiger partial charge in [-0.1, -0.05) is 30.3 Å². The molecule has 0 aliphatic rings. The predicted octanol–water partition coefficient (Wildman–Crippen LogP) is 2.70. The molecule has 0 aliphatic carbocycles. The minimum Gasteiger partial charge on any atom is -0.464 e. The van der Waals surface area contributed by atoms with E-state index in [0.717, 1.165) is 5.56 Å². The number of rotatable bonds is 3. The first-order valence-corrected chi connectivity index (χ1v) is 5.39. The third kappa shape index (κ3) is 2.71. The van der Waals surface area contributed by atoms with Crippen LogP contribution in [0.5, 0.6) is 0 Å². The molecule has 1 unspecified atom stereocenters. The second-order valence-corrected chi connectivity index (χ2v) is 3.76. The highest BCUT2D eigenvalue weighted by molar-refractivity contribution is 5.87. The van der Waals surface area contributed by atoms with Gasteiger partial charge in [-0.3, -0.25) is 0 Å². The summed E-state index contributed by atoms with van der Waals surface area (Å²) in [5.74, 6) is -0.370. The summed E-state index contributed by atoms with van der Waals surface area (Å²) in [6.45, 7) is 2.02. The van der Waals surface area contributed by atoms with Crippen LogP contribution in [-0.2, 0) is 4.74 Å². The number of carbonyl (C=O) groups excluding carboxylic acids is 1. The summed E-state index contributed by atoms with van der Waals surface area (Å²) in [6, 6.07) is 10.00. The number of carbonyl (C=O) groups is 1. The fourth-order valence-corrected chi connectivity index (χ4v) is 1.77. The highest BCUT2D eigenvalue weighted by Crippen LogP contribution is 2.19. The summed E-state index contributed by atoms with van der Waals surface area (Å²) in [6.07, 6.45) is 3.16. The van der Waals surface area contributed by atoms with Gasteiger partial charge in [0.25, 0.3) is 0 Å². The predicted molar refractivity (Wildman–Crippen MR) is 71.1 cm³/mol. The van der Waals surface area contributed by atoms with E-state index < -0.39 is 0 Å². The van der Waals surface area contributed by atoms with Crippen molar-refractivity contribution in [3.05, 3.63) is 54.1 Å². The molecule has 0 N–H and O–H groups in total. The van der Waals surface area contributed by atoms with Gasteiger partial charge in [0.05, 0.1) is 25.7 Å². The third-order valence-electron chi connectivity index (χ3n) is 2.76. The van der Waals surface area contributed by atoms with E-state index >= 15 is 0 Å². The van der Waals surface area contributed by atoms with Gasteiger partial charge in [-0.2, -0.15) is 0 Å². The van der Waals surface area contributed by atoms with E-state index in [1.807, 2.05) is 37.3 Å². The topological polar surface area (TPSA) is 44.1 Å². The van der Waals surface area contributed by atoms with Gasteiger partial charge in [-0.05, 0) is 12.5 Å². The number of benzene rings is 1. The second kappa shape index (κ2) is 6.21. The van der Waals surface area contributed by atoms with Gasteiger partial charge >= 0.3 is 5.97 Å². The Morgan fingerprint density at radius 2 is 2.00 bits per heavy atom. The lowest BCUT2D eigenvalue weighted by Gasteiger charge is -2.15. The molecule has 4 nitrogen and oxygen atoms in total. The van der Waals surface area contributed by atoms with Gasteiger partial charge in [-0.25, -0.2) is 9.78 Å². The number of esters is 1. The summed E-state index contributed by atoms with van der Waals surface area (Å²) in [7, 11) is 1.37. The zero-order valence-corrected chi connectivity index (χ0v) is 11.1. The molecule has 0 fully saturated rings. The van der Waals surface area contributed by atoms with E-state index in [1.165, 1.54) is 13.3 Å². The molecule has 0 amide bonds. The van der Waals surface area contributed by atoms with Crippen molar-refractivity contribution in [1.82, 2.24) is 9.55 Å². The molecule has 1 aromatic carbocycles. The maximum atomic E-state index is 11.5. The summed E-state index contributed by atoms with van der Waals surface area (Å²) < 4.78 is 6.53. The van der Waals surface area contributed by atoms with Crippen molar-refractivity contribution in [2.24, 2.45) is 0 Å². The Labute approximate surface area is 112 Å². The number of ether oxygens (including phenoxy) is 1. The van der Waals surface area contributed by atoms with Crippen molar-refractivity contribution in [1.29, 1.82) is 0 Å². The van der Waals surface area contributed by atoms with Crippen LogP contribution in [0.2, 0.25) is 0 Å². The summed E-state index contributed by atoms with van der Waals surface area (Å²) in [4.78, 5) is 15.5. The number of aromatic nitrogens is 2. The Morgan fingerprint density at radius 1 is 1.33 bits per heavy atom. The molecule has 1 heterocycles. The first-order valence-electron chi connectivity index (χ1n) is 5.39. The van der Waals surface area contributed by atoms with Crippen molar-refractivity contribution in [2.45, 2.75) is 13.0 Å². The van der Waals surface area contributed by atoms with Crippen molar-refractivity contribution in [3.8, 4) is 0 Å². The molecule has 5 heteroatoms. The number of imidazole rings is 1. The molecule has 0 bridgehead atoms. The molecule has 96 valence electrons. The molecular formula is C13H15ClN2O2. The quantitative estimate of drug-likeness (QED) is 0.803. The standard InChI is InChI=1S/C13H14N2O2.ClH/c1-10(11-6-4-3-5-7-11)15-9-14-8-12(15)13(16)17-2;/h3-10H,1-2H3;1H. The van der Waals surface area contributed by atoms with Gasteiger partial charge in [0.1, 0.15) is 5.69 Å². The zero-order chi connectivity index (χ0) is 12.3. The lowest BCUT2D eigenvalue weighted by atomic mass is 10.1. The fraction of sp³-hybridized carbons (Fsp3) is 0.231. The van der Waals surface area contributed by atoms with E-state index in [2.05, 4.69) is 4.98 Å². The maximum Gasteiger partial charge on any atom is 0.356 e. The van der Waals surface area contributed by atoms with Crippen LogP contribution in [0.3, 0.4) is 0 Å². The van der Waals surface area contributed by atoms with Gasteiger partial charge in [0.2, 0.25) is 0 Å². The highest BCUT2D eigenvalue weighted by atomic mass is 35.5. The average molecular weight is 267 g/mol. The van der Waals surface area contributed by atoms with E-state index in [0.29, 0.717) is 5.69 Å².